The Labute approximate surface area is 339 Å². The first-order valence-corrected chi connectivity index (χ1v) is 18.9. The second kappa shape index (κ2) is 22.2. The Bertz CT molecular complexity index is 2000. The minimum absolute atomic E-state index is 0.00816. The molecular formula is C40H51N7O12. The fourth-order valence-corrected chi connectivity index (χ4v) is 6.11. The van der Waals surface area contributed by atoms with E-state index >= 15 is 0 Å². The summed E-state index contributed by atoms with van der Waals surface area (Å²) in [5.74, 6) is -10.0. The van der Waals surface area contributed by atoms with Crippen molar-refractivity contribution in [1.29, 1.82) is 0 Å². The van der Waals surface area contributed by atoms with Crippen LogP contribution < -0.4 is 31.9 Å². The Morgan fingerprint density at radius 3 is 1.83 bits per heavy atom. The number of para-hydroxylation sites is 1. The highest BCUT2D eigenvalue weighted by atomic mass is 16.4. The van der Waals surface area contributed by atoms with E-state index in [1.54, 1.807) is 62.5 Å². The van der Waals surface area contributed by atoms with Crippen molar-refractivity contribution in [2.24, 2.45) is 5.92 Å². The number of carbonyl (C=O) groups is 9. The van der Waals surface area contributed by atoms with Crippen LogP contribution in [0.5, 0.6) is 0 Å². The number of aliphatic carboxylic acids is 3. The molecule has 0 aliphatic heterocycles. The van der Waals surface area contributed by atoms with Gasteiger partial charge in [0.25, 0.3) is 0 Å². The molecule has 19 nitrogen and oxygen atoms in total. The maximum atomic E-state index is 13.5. The standard InChI is InChI=1S/C40H51N7O12/c1-5-21(2)34(39(57)46-31(40(58)59)18-25-20-41-27-14-10-9-13-26(25)27)47-35(53)22(3)42-37(55)30(19-33(51)52)45-36(54)28(15-16-32(49)50)44-38(56)29(43-23(4)48)17-24-11-7-6-8-12-24/h6-14,20-22,28-31,34,41H,5,15-19H2,1-4H3,(H,42,55)(H,43,48)(H,44,56)(H,45,54)(H,46,57)(H,47,53)(H,49,50)(H,51,52)(H,58,59)/t21-,22-,28-,29+,30-,31-,34-/m0/s1. The van der Waals surface area contributed by atoms with Crippen molar-refractivity contribution in [2.45, 2.75) is 102 Å². The third-order valence-corrected chi connectivity index (χ3v) is 9.53. The number of H-pyrrole nitrogens is 1. The maximum Gasteiger partial charge on any atom is 0.326 e. The van der Waals surface area contributed by atoms with Crippen LogP contribution in [0.4, 0.5) is 0 Å². The molecule has 0 fully saturated rings. The summed E-state index contributed by atoms with van der Waals surface area (Å²) in [5.41, 5.74) is 2.08. The van der Waals surface area contributed by atoms with Crippen LogP contribution in [0.1, 0.15) is 64.5 Å². The van der Waals surface area contributed by atoms with Gasteiger partial charge in [-0.25, -0.2) is 4.79 Å². The van der Waals surface area contributed by atoms with Crippen molar-refractivity contribution in [3.05, 3.63) is 71.9 Å². The summed E-state index contributed by atoms with van der Waals surface area (Å²) in [6, 6.07) is 7.14. The lowest BCUT2D eigenvalue weighted by molar-refractivity contribution is -0.142. The van der Waals surface area contributed by atoms with E-state index < -0.39 is 115 Å². The molecule has 0 saturated heterocycles. The molecule has 2 aromatic carbocycles. The molecule has 59 heavy (non-hydrogen) atoms. The van der Waals surface area contributed by atoms with Gasteiger partial charge in [0, 0.05) is 43.3 Å². The molecule has 3 rings (SSSR count). The normalized spacial score (nSPS) is 14.5. The molecule has 1 heterocycles. The van der Waals surface area contributed by atoms with Crippen molar-refractivity contribution in [1.82, 2.24) is 36.9 Å². The van der Waals surface area contributed by atoms with E-state index in [1.807, 2.05) is 12.1 Å². The smallest absolute Gasteiger partial charge is 0.326 e. The minimum Gasteiger partial charge on any atom is -0.481 e. The average molecular weight is 822 g/mol. The van der Waals surface area contributed by atoms with E-state index in [-0.39, 0.29) is 12.8 Å². The minimum atomic E-state index is -1.83. The zero-order valence-electron chi connectivity index (χ0n) is 33.1. The Morgan fingerprint density at radius 1 is 0.627 bits per heavy atom. The Kier molecular flexibility index (Phi) is 17.6. The molecule has 318 valence electrons. The fourth-order valence-electron chi connectivity index (χ4n) is 6.11. The van der Waals surface area contributed by atoms with Crippen LogP contribution in [0.15, 0.2) is 60.8 Å². The van der Waals surface area contributed by atoms with Crippen molar-refractivity contribution in [2.75, 3.05) is 0 Å². The lowest BCUT2D eigenvalue weighted by Gasteiger charge is -2.28. The predicted octanol–water partition coefficient (Wildman–Crippen LogP) is 0.372. The van der Waals surface area contributed by atoms with Crippen LogP contribution in [0.3, 0.4) is 0 Å². The first-order valence-electron chi connectivity index (χ1n) is 18.9. The topological polar surface area (TPSA) is 302 Å². The SMILES string of the molecule is CC[C@H](C)[C@H](NC(=O)[C@H](C)NC(=O)[C@H](CC(=O)O)NC(=O)[C@H](CCC(=O)O)NC(=O)[C@@H](Cc1ccccc1)NC(C)=O)C(=O)N[C@@H](Cc1c[nH]c2ccccc12)C(=O)O. The lowest BCUT2D eigenvalue weighted by atomic mass is 9.97. The number of hydrogen-bond acceptors (Lipinski definition) is 9. The van der Waals surface area contributed by atoms with Crippen LogP contribution in [-0.2, 0) is 56.0 Å². The summed E-state index contributed by atoms with van der Waals surface area (Å²) in [5, 5.41) is 44.1. The predicted molar refractivity (Wildman–Crippen MR) is 211 cm³/mol. The monoisotopic (exact) mass is 821 g/mol. The van der Waals surface area contributed by atoms with Crippen molar-refractivity contribution in [3.8, 4) is 0 Å². The van der Waals surface area contributed by atoms with E-state index in [9.17, 15) is 58.5 Å². The van der Waals surface area contributed by atoms with E-state index in [1.165, 1.54) is 13.8 Å². The number of amides is 6. The molecule has 7 atom stereocenters. The number of aromatic amines is 1. The summed E-state index contributed by atoms with van der Waals surface area (Å²) in [6.45, 7) is 5.82. The van der Waals surface area contributed by atoms with Gasteiger partial charge in [0.2, 0.25) is 35.4 Å². The maximum absolute atomic E-state index is 13.5. The molecule has 19 heteroatoms. The van der Waals surface area contributed by atoms with Gasteiger partial charge < -0.3 is 52.2 Å². The van der Waals surface area contributed by atoms with Crippen molar-refractivity contribution in [3.63, 3.8) is 0 Å². The molecule has 0 saturated carbocycles. The fraction of sp³-hybridized carbons (Fsp3) is 0.425. The zero-order chi connectivity index (χ0) is 43.8. The number of aromatic nitrogens is 1. The number of rotatable bonds is 23. The van der Waals surface area contributed by atoms with Crippen LogP contribution in [0.2, 0.25) is 0 Å². The average Bonchev–Trinajstić information content (AvgIpc) is 3.59. The summed E-state index contributed by atoms with van der Waals surface area (Å²) >= 11 is 0. The highest BCUT2D eigenvalue weighted by Gasteiger charge is 2.34. The summed E-state index contributed by atoms with van der Waals surface area (Å²) < 4.78 is 0. The van der Waals surface area contributed by atoms with Crippen LogP contribution in [-0.4, -0.2) is 110 Å². The Morgan fingerprint density at radius 2 is 1.22 bits per heavy atom. The number of carboxylic acid groups (broad SMARTS) is 3. The first kappa shape index (κ1) is 46.6. The van der Waals surface area contributed by atoms with Gasteiger partial charge in [-0.15, -0.1) is 0 Å². The van der Waals surface area contributed by atoms with Gasteiger partial charge in [-0.05, 0) is 36.5 Å². The third-order valence-electron chi connectivity index (χ3n) is 9.53. The molecule has 0 radical (unpaired) electrons. The molecule has 0 spiro atoms. The summed E-state index contributed by atoms with van der Waals surface area (Å²) in [4.78, 5) is 118. The highest BCUT2D eigenvalue weighted by molar-refractivity contribution is 5.98. The molecule has 1 aromatic heterocycles. The molecule has 6 amide bonds. The largest absolute Gasteiger partial charge is 0.481 e. The van der Waals surface area contributed by atoms with Crippen LogP contribution in [0.25, 0.3) is 10.9 Å². The van der Waals surface area contributed by atoms with E-state index in [4.69, 9.17) is 0 Å². The molecule has 0 unspecified atom stereocenters. The van der Waals surface area contributed by atoms with Gasteiger partial charge in [0.1, 0.15) is 36.3 Å². The molecule has 10 N–H and O–H groups in total. The van der Waals surface area contributed by atoms with E-state index in [0.717, 1.165) is 10.9 Å². The van der Waals surface area contributed by atoms with Gasteiger partial charge in [-0.1, -0.05) is 68.8 Å². The quantitative estimate of drug-likeness (QED) is 0.0621. The van der Waals surface area contributed by atoms with E-state index in [2.05, 4.69) is 36.9 Å². The van der Waals surface area contributed by atoms with Gasteiger partial charge in [0.15, 0.2) is 0 Å². The number of carbonyl (C=O) groups excluding carboxylic acids is 6. The zero-order valence-corrected chi connectivity index (χ0v) is 33.1. The van der Waals surface area contributed by atoms with Gasteiger partial charge in [-0.2, -0.15) is 0 Å². The number of nitrogens with one attached hydrogen (secondary N) is 7. The third kappa shape index (κ3) is 14.6. The second-order valence-electron chi connectivity index (χ2n) is 14.2. The van der Waals surface area contributed by atoms with Crippen LogP contribution >= 0.6 is 0 Å². The van der Waals surface area contributed by atoms with Crippen LogP contribution in [0, 0.1) is 5.92 Å². The van der Waals surface area contributed by atoms with Gasteiger partial charge in [-0.3, -0.25) is 38.4 Å². The van der Waals surface area contributed by atoms with Crippen molar-refractivity contribution < 1.29 is 58.5 Å². The second-order valence-corrected chi connectivity index (χ2v) is 14.2. The number of carboxylic acids is 3. The summed E-state index contributed by atoms with van der Waals surface area (Å²) in [7, 11) is 0. The van der Waals surface area contributed by atoms with Gasteiger partial charge >= 0.3 is 17.9 Å². The molecular weight excluding hydrogens is 770 g/mol. The first-order chi connectivity index (χ1) is 27.9. The Hall–Kier alpha value is -6.79. The number of hydrogen-bond donors (Lipinski definition) is 10. The Balaban J connectivity index is 1.73. The molecule has 3 aromatic rings. The lowest BCUT2D eigenvalue weighted by Crippen LogP contribution is -2.60. The van der Waals surface area contributed by atoms with Gasteiger partial charge in [0.05, 0.1) is 6.42 Å². The van der Waals surface area contributed by atoms with Crippen molar-refractivity contribution >= 4 is 64.3 Å². The van der Waals surface area contributed by atoms with E-state index in [0.29, 0.717) is 17.5 Å². The number of fused-ring (bicyclic) bond motifs is 1. The molecule has 0 aliphatic carbocycles. The molecule has 0 bridgehead atoms. The highest BCUT2D eigenvalue weighted by Crippen LogP contribution is 2.20. The summed E-state index contributed by atoms with van der Waals surface area (Å²) in [6.07, 6.45) is -0.116. The molecule has 0 aliphatic rings. The number of benzene rings is 2.